The van der Waals surface area contributed by atoms with E-state index in [1.54, 1.807) is 6.07 Å². The average Bonchev–Trinajstić information content (AvgIpc) is 2.27. The number of benzene rings is 1. The van der Waals surface area contributed by atoms with E-state index in [-0.39, 0.29) is 17.5 Å². The van der Waals surface area contributed by atoms with Crippen LogP contribution in [-0.2, 0) is 6.42 Å². The highest BCUT2D eigenvalue weighted by molar-refractivity contribution is 5.57. The third kappa shape index (κ3) is 3.32. The molecule has 0 heterocycles. The lowest BCUT2D eigenvalue weighted by molar-refractivity contribution is -0.386. The van der Waals surface area contributed by atoms with Crippen molar-refractivity contribution >= 4 is 5.69 Å². The zero-order valence-electron chi connectivity index (χ0n) is 9.84. The molecular formula is C11H16N2O4. The number of hydrogen-bond donors (Lipinski definition) is 2. The first-order valence-electron chi connectivity index (χ1n) is 5.25. The SMILES string of the molecule is COc1cc(CCC(C)N)cc([N+](=O)[O-])c1O. The summed E-state index contributed by atoms with van der Waals surface area (Å²) in [5, 5.41) is 20.3. The molecular weight excluding hydrogens is 224 g/mol. The Labute approximate surface area is 99.2 Å². The Morgan fingerprint density at radius 3 is 2.71 bits per heavy atom. The van der Waals surface area contributed by atoms with E-state index >= 15 is 0 Å². The number of phenols is 1. The van der Waals surface area contributed by atoms with Gasteiger partial charge in [0.1, 0.15) is 0 Å². The van der Waals surface area contributed by atoms with Gasteiger partial charge in [0.2, 0.25) is 5.75 Å². The molecule has 1 aromatic rings. The zero-order valence-corrected chi connectivity index (χ0v) is 9.84. The fourth-order valence-electron chi connectivity index (χ4n) is 1.48. The van der Waals surface area contributed by atoms with E-state index in [0.29, 0.717) is 12.8 Å². The molecule has 1 unspecified atom stereocenters. The van der Waals surface area contributed by atoms with Crippen LogP contribution in [0.2, 0.25) is 0 Å². The van der Waals surface area contributed by atoms with Crippen molar-refractivity contribution in [2.75, 3.05) is 7.11 Å². The molecule has 0 bridgehead atoms. The number of aromatic hydroxyl groups is 1. The predicted octanol–water partition coefficient (Wildman–Crippen LogP) is 1.59. The monoisotopic (exact) mass is 240 g/mol. The van der Waals surface area contributed by atoms with Gasteiger partial charge in [0, 0.05) is 12.1 Å². The van der Waals surface area contributed by atoms with Crippen LogP contribution in [0.25, 0.3) is 0 Å². The fourth-order valence-corrected chi connectivity index (χ4v) is 1.48. The fraction of sp³-hybridized carbons (Fsp3) is 0.455. The van der Waals surface area contributed by atoms with Gasteiger partial charge in [-0.1, -0.05) is 0 Å². The molecule has 0 fully saturated rings. The van der Waals surface area contributed by atoms with Crippen LogP contribution in [0.3, 0.4) is 0 Å². The Morgan fingerprint density at radius 2 is 2.24 bits per heavy atom. The summed E-state index contributed by atoms with van der Waals surface area (Å²) >= 11 is 0. The topological polar surface area (TPSA) is 98.6 Å². The minimum atomic E-state index is -0.632. The van der Waals surface area contributed by atoms with Gasteiger partial charge in [-0.15, -0.1) is 0 Å². The lowest BCUT2D eigenvalue weighted by atomic mass is 10.0. The summed E-state index contributed by atoms with van der Waals surface area (Å²) in [6.07, 6.45) is 1.32. The van der Waals surface area contributed by atoms with Crippen LogP contribution in [0.5, 0.6) is 11.5 Å². The molecule has 6 heteroatoms. The van der Waals surface area contributed by atoms with Crippen molar-refractivity contribution in [1.82, 2.24) is 0 Å². The zero-order chi connectivity index (χ0) is 13.0. The number of nitro benzene ring substituents is 1. The highest BCUT2D eigenvalue weighted by Crippen LogP contribution is 2.37. The van der Waals surface area contributed by atoms with Gasteiger partial charge in [-0.05, 0) is 31.4 Å². The Bertz CT molecular complexity index is 418. The van der Waals surface area contributed by atoms with Crippen molar-refractivity contribution in [2.45, 2.75) is 25.8 Å². The Balaban J connectivity index is 3.07. The molecule has 0 saturated carbocycles. The van der Waals surface area contributed by atoms with E-state index in [2.05, 4.69) is 0 Å². The minimum Gasteiger partial charge on any atom is -0.500 e. The summed E-state index contributed by atoms with van der Waals surface area (Å²) in [7, 11) is 1.36. The number of nitro groups is 1. The number of methoxy groups -OCH3 is 1. The van der Waals surface area contributed by atoms with Crippen molar-refractivity contribution in [1.29, 1.82) is 0 Å². The molecule has 3 N–H and O–H groups in total. The Kier molecular flexibility index (Phi) is 4.28. The van der Waals surface area contributed by atoms with E-state index in [1.165, 1.54) is 13.2 Å². The standard InChI is InChI=1S/C11H16N2O4/c1-7(12)3-4-8-5-9(13(15)16)11(14)10(6-8)17-2/h5-7,14H,3-4,12H2,1-2H3. The van der Waals surface area contributed by atoms with Crippen LogP contribution < -0.4 is 10.5 Å². The largest absolute Gasteiger partial charge is 0.500 e. The molecule has 0 amide bonds. The van der Waals surface area contributed by atoms with E-state index in [1.807, 2.05) is 6.92 Å². The number of phenolic OH excluding ortho intramolecular Hbond substituents is 1. The molecule has 0 spiro atoms. The molecule has 0 aromatic heterocycles. The summed E-state index contributed by atoms with van der Waals surface area (Å²) in [5.74, 6) is -0.332. The third-order valence-corrected chi connectivity index (χ3v) is 2.42. The number of rotatable bonds is 5. The summed E-state index contributed by atoms with van der Waals surface area (Å²) in [6.45, 7) is 1.87. The maximum absolute atomic E-state index is 10.7. The van der Waals surface area contributed by atoms with E-state index in [0.717, 1.165) is 5.56 Å². The lowest BCUT2D eigenvalue weighted by Crippen LogP contribution is -2.15. The van der Waals surface area contributed by atoms with Crippen molar-refractivity contribution in [2.24, 2.45) is 5.73 Å². The van der Waals surface area contributed by atoms with Crippen molar-refractivity contribution in [3.8, 4) is 11.5 Å². The van der Waals surface area contributed by atoms with E-state index in [4.69, 9.17) is 10.5 Å². The van der Waals surface area contributed by atoms with Gasteiger partial charge in [0.05, 0.1) is 12.0 Å². The number of aryl methyl sites for hydroxylation is 1. The molecule has 17 heavy (non-hydrogen) atoms. The smallest absolute Gasteiger partial charge is 0.314 e. The minimum absolute atomic E-state index is 0.0221. The highest BCUT2D eigenvalue weighted by Gasteiger charge is 2.19. The second-order valence-electron chi connectivity index (χ2n) is 3.94. The normalized spacial score (nSPS) is 12.2. The van der Waals surface area contributed by atoms with Crippen LogP contribution in [0, 0.1) is 10.1 Å². The maximum atomic E-state index is 10.7. The Morgan fingerprint density at radius 1 is 1.59 bits per heavy atom. The quantitative estimate of drug-likeness (QED) is 0.601. The number of nitrogens with two attached hydrogens (primary N) is 1. The Hall–Kier alpha value is -1.82. The number of hydrogen-bond acceptors (Lipinski definition) is 5. The number of nitrogens with zero attached hydrogens (tertiary/aromatic N) is 1. The third-order valence-electron chi connectivity index (χ3n) is 2.42. The van der Waals surface area contributed by atoms with Crippen molar-refractivity contribution in [3.05, 3.63) is 27.8 Å². The molecule has 1 rings (SSSR count). The first-order valence-corrected chi connectivity index (χ1v) is 5.25. The van der Waals surface area contributed by atoms with Crippen LogP contribution in [0.1, 0.15) is 18.9 Å². The highest BCUT2D eigenvalue weighted by atomic mass is 16.6. The predicted molar refractivity (Wildman–Crippen MR) is 63.3 cm³/mol. The summed E-state index contributed by atoms with van der Waals surface area (Å²) in [5.41, 5.74) is 6.01. The van der Waals surface area contributed by atoms with Gasteiger partial charge in [0.25, 0.3) is 0 Å². The first kappa shape index (κ1) is 13.2. The maximum Gasteiger partial charge on any atom is 0.314 e. The molecule has 0 saturated heterocycles. The molecule has 0 radical (unpaired) electrons. The van der Waals surface area contributed by atoms with Gasteiger partial charge in [-0.2, -0.15) is 0 Å². The van der Waals surface area contributed by atoms with Crippen molar-refractivity contribution in [3.63, 3.8) is 0 Å². The van der Waals surface area contributed by atoms with Gasteiger partial charge >= 0.3 is 5.69 Å². The lowest BCUT2D eigenvalue weighted by Gasteiger charge is -2.08. The molecule has 6 nitrogen and oxygen atoms in total. The van der Waals surface area contributed by atoms with E-state index < -0.39 is 10.7 Å². The molecule has 0 aliphatic heterocycles. The van der Waals surface area contributed by atoms with Gasteiger partial charge in [-0.3, -0.25) is 10.1 Å². The van der Waals surface area contributed by atoms with Crippen LogP contribution >= 0.6 is 0 Å². The van der Waals surface area contributed by atoms with Crippen molar-refractivity contribution < 1.29 is 14.8 Å². The van der Waals surface area contributed by atoms with E-state index in [9.17, 15) is 15.2 Å². The molecule has 0 aliphatic rings. The molecule has 1 aromatic carbocycles. The number of ether oxygens (including phenoxy) is 1. The first-order chi connectivity index (χ1) is 7.95. The second kappa shape index (κ2) is 5.49. The van der Waals surface area contributed by atoms with Gasteiger partial charge in [-0.25, -0.2) is 0 Å². The van der Waals surface area contributed by atoms with Gasteiger partial charge < -0.3 is 15.6 Å². The second-order valence-corrected chi connectivity index (χ2v) is 3.94. The van der Waals surface area contributed by atoms with Gasteiger partial charge in [0.15, 0.2) is 5.75 Å². The molecule has 0 aliphatic carbocycles. The van der Waals surface area contributed by atoms with Crippen LogP contribution in [-0.4, -0.2) is 23.2 Å². The molecule has 1 atom stereocenters. The average molecular weight is 240 g/mol. The summed E-state index contributed by atoms with van der Waals surface area (Å²) in [4.78, 5) is 10.1. The summed E-state index contributed by atoms with van der Waals surface area (Å²) < 4.78 is 4.90. The van der Waals surface area contributed by atoms with Crippen LogP contribution in [0.15, 0.2) is 12.1 Å². The molecule has 94 valence electrons. The van der Waals surface area contributed by atoms with Crippen LogP contribution in [0.4, 0.5) is 5.69 Å². The summed E-state index contributed by atoms with van der Waals surface area (Å²) in [6, 6.07) is 2.96.